The summed E-state index contributed by atoms with van der Waals surface area (Å²) in [5.74, 6) is -5.14. The Balaban J connectivity index is 0.000000312. The number of fused-ring (bicyclic) bond motifs is 2. The monoisotopic (exact) mass is 1350 g/mol. The number of carboxylic acids is 1. The first kappa shape index (κ1) is 79.7. The quantitative estimate of drug-likeness (QED) is 0.0188. The number of nitrogen functional groups attached to an aromatic ring is 1. The van der Waals surface area contributed by atoms with Crippen LogP contribution in [0, 0.1) is 13.8 Å². The Bertz CT molecular complexity index is 3940. The molecule has 10 rings (SSSR count). The number of hydrogen-bond donors (Lipinski definition) is 15. The second-order valence-corrected chi connectivity index (χ2v) is 21.5. The second kappa shape index (κ2) is 39.3. The molecule has 26 nitrogen and oxygen atoms in total. The van der Waals surface area contributed by atoms with Crippen LogP contribution in [-0.2, 0) is 33.3 Å². The standard InChI is InChI=1S/C21H32O10.2C10H8O2.C8H8O3.C8H10O.C7H6O5.C6H7N.CO2/c1-9(2)27-17-16(25)18(21(29-11(5)6)31-20(17)28-10(3)4)30-19(26)12-7-13(22)15(24)14(23)8-12;11-8-5-7-3-1-2-4-9(7)10(12)6-8;11-9-5-6-10(12)8-4-2-1-3-7(8)9;1-11-8-4-6(5-9)2-3-7(8)10;1-6-3-4-7(2)8(9)5-6;8-4-1-3(7(11)12)2-5(9)6(4)10;7-6-4-2-1-3-5-6;2-1-3/h7-11,16-18,20-25H,1-6H3;2*1-6,11-12H;2-5,10H,1H3;3-5,9H,1-2H3;1-2,8-10H,(H,11,12);1-5H,7H2;. The normalized spacial score (nSPS) is 14.9. The molecule has 26 heteroatoms. The predicted molar refractivity (Wildman–Crippen MR) is 354 cm³/mol. The van der Waals surface area contributed by atoms with Gasteiger partial charge in [-0.05, 0) is 151 Å². The van der Waals surface area contributed by atoms with Crippen molar-refractivity contribution in [3.05, 3.63) is 192 Å². The Morgan fingerprint density at radius 1 is 0.505 bits per heavy atom. The Hall–Kier alpha value is -11.5. The maximum Gasteiger partial charge on any atom is 0.373 e. The van der Waals surface area contributed by atoms with E-state index >= 15 is 0 Å². The van der Waals surface area contributed by atoms with Crippen molar-refractivity contribution in [3.63, 3.8) is 0 Å². The molecule has 5 unspecified atom stereocenters. The van der Waals surface area contributed by atoms with Gasteiger partial charge in [-0.1, -0.05) is 78.9 Å². The highest BCUT2D eigenvalue weighted by Gasteiger charge is 2.50. The number of aldehydes is 1. The summed E-state index contributed by atoms with van der Waals surface area (Å²) in [6.45, 7) is 14.5. The van der Waals surface area contributed by atoms with Crippen molar-refractivity contribution in [3.8, 4) is 74.7 Å². The summed E-state index contributed by atoms with van der Waals surface area (Å²) in [4.78, 5) is 49.5. The Labute approximate surface area is 557 Å². The third kappa shape index (κ3) is 25.7. The van der Waals surface area contributed by atoms with Crippen molar-refractivity contribution in [2.75, 3.05) is 12.8 Å². The number of rotatable bonds is 11. The van der Waals surface area contributed by atoms with Gasteiger partial charge in [0, 0.05) is 33.5 Å². The van der Waals surface area contributed by atoms with Crippen molar-refractivity contribution < 1.29 is 124 Å². The number of phenols is 12. The number of anilines is 1. The number of carbonyl (C=O) groups excluding carboxylic acids is 4. The van der Waals surface area contributed by atoms with E-state index in [1.54, 1.807) is 65.8 Å². The predicted octanol–water partition coefficient (Wildman–Crippen LogP) is 10.9. The van der Waals surface area contributed by atoms with E-state index in [0.717, 1.165) is 51.9 Å². The molecule has 518 valence electrons. The average Bonchev–Trinajstić information content (AvgIpc) is 0.793. The number of carbonyl (C=O) groups is 3. The molecule has 1 aliphatic rings. The molecule has 0 radical (unpaired) electrons. The minimum absolute atomic E-state index is 0.0399. The van der Waals surface area contributed by atoms with Gasteiger partial charge in [0.25, 0.3) is 0 Å². The van der Waals surface area contributed by atoms with Crippen molar-refractivity contribution in [2.45, 2.75) is 105 Å². The van der Waals surface area contributed by atoms with Crippen molar-refractivity contribution in [2.24, 2.45) is 0 Å². The zero-order valence-corrected chi connectivity index (χ0v) is 54.1. The zero-order valence-electron chi connectivity index (χ0n) is 54.1. The number of para-hydroxylation sites is 1. The molecule has 9 aromatic carbocycles. The molecule has 1 saturated heterocycles. The number of aromatic carboxylic acids is 1. The molecule has 0 aliphatic carbocycles. The summed E-state index contributed by atoms with van der Waals surface area (Å²) >= 11 is 0. The lowest BCUT2D eigenvalue weighted by Crippen LogP contribution is -2.62. The van der Waals surface area contributed by atoms with E-state index in [-0.39, 0.29) is 64.3 Å². The van der Waals surface area contributed by atoms with E-state index in [1.165, 1.54) is 43.5 Å². The van der Waals surface area contributed by atoms with Crippen molar-refractivity contribution in [1.29, 1.82) is 0 Å². The smallest absolute Gasteiger partial charge is 0.373 e. The number of esters is 1. The highest BCUT2D eigenvalue weighted by Crippen LogP contribution is 2.38. The van der Waals surface area contributed by atoms with Gasteiger partial charge in [-0.15, -0.1) is 0 Å². The number of aliphatic hydroxyl groups is 1. The molecule has 97 heavy (non-hydrogen) atoms. The summed E-state index contributed by atoms with van der Waals surface area (Å²) in [5, 5.41) is 133. The van der Waals surface area contributed by atoms with Crippen LogP contribution in [0.15, 0.2) is 164 Å². The van der Waals surface area contributed by atoms with Gasteiger partial charge in [0.2, 0.25) is 6.29 Å². The maximum absolute atomic E-state index is 12.7. The van der Waals surface area contributed by atoms with Crippen LogP contribution in [0.3, 0.4) is 0 Å². The molecule has 0 amide bonds. The van der Waals surface area contributed by atoms with Crippen LogP contribution in [0.2, 0.25) is 0 Å². The topological polar surface area (TPSA) is 450 Å². The molecule has 5 atom stereocenters. The van der Waals surface area contributed by atoms with Crippen LogP contribution in [-0.4, -0.2) is 152 Å². The number of aromatic hydroxyl groups is 12. The van der Waals surface area contributed by atoms with E-state index in [2.05, 4.69) is 0 Å². The minimum Gasteiger partial charge on any atom is -0.508 e. The number of hydrogen-bond acceptors (Lipinski definition) is 25. The summed E-state index contributed by atoms with van der Waals surface area (Å²) in [7, 11) is 1.43. The summed E-state index contributed by atoms with van der Waals surface area (Å²) in [6.07, 6.45) is -5.70. The lowest BCUT2D eigenvalue weighted by Gasteiger charge is -2.44. The van der Waals surface area contributed by atoms with E-state index in [4.69, 9.17) is 79.5 Å². The Morgan fingerprint density at radius 3 is 1.39 bits per heavy atom. The van der Waals surface area contributed by atoms with E-state index in [9.17, 15) is 50.1 Å². The van der Waals surface area contributed by atoms with Gasteiger partial charge in [-0.2, -0.15) is 9.59 Å². The van der Waals surface area contributed by atoms with Gasteiger partial charge >= 0.3 is 18.1 Å². The molecule has 0 saturated carbocycles. The van der Waals surface area contributed by atoms with Gasteiger partial charge < -0.3 is 106 Å². The summed E-state index contributed by atoms with van der Waals surface area (Å²) in [5.41, 5.74) is 8.16. The molecule has 0 bridgehead atoms. The molecule has 1 heterocycles. The van der Waals surface area contributed by atoms with Crippen LogP contribution in [0.4, 0.5) is 5.69 Å². The van der Waals surface area contributed by atoms with Gasteiger partial charge in [0.1, 0.15) is 47.2 Å². The van der Waals surface area contributed by atoms with Crippen LogP contribution in [0.25, 0.3) is 21.5 Å². The van der Waals surface area contributed by atoms with Gasteiger partial charge in [-0.25, -0.2) is 9.59 Å². The van der Waals surface area contributed by atoms with Gasteiger partial charge in [0.05, 0.1) is 36.5 Å². The van der Waals surface area contributed by atoms with Gasteiger partial charge in [-0.3, -0.25) is 4.79 Å². The average molecular weight is 1350 g/mol. The minimum atomic E-state index is -1.37. The molecule has 9 aromatic rings. The van der Waals surface area contributed by atoms with Crippen LogP contribution in [0.1, 0.15) is 83.7 Å². The molecule has 0 spiro atoms. The number of nitrogens with two attached hydrogens (primary N) is 1. The third-order valence-corrected chi connectivity index (χ3v) is 12.8. The van der Waals surface area contributed by atoms with Crippen LogP contribution < -0.4 is 10.5 Å². The first-order valence-corrected chi connectivity index (χ1v) is 29.2. The fourth-order valence-electron chi connectivity index (χ4n) is 8.26. The van der Waals surface area contributed by atoms with Crippen LogP contribution in [0.5, 0.6) is 74.7 Å². The summed E-state index contributed by atoms with van der Waals surface area (Å²) in [6, 6.07) is 43.6. The molecule has 16 N–H and O–H groups in total. The van der Waals surface area contributed by atoms with E-state index < -0.39 is 77.3 Å². The number of phenolic OH excluding ortho intramolecular Hbond substituents is 12. The molecule has 0 aromatic heterocycles. The number of benzene rings is 9. The Morgan fingerprint density at radius 2 is 0.959 bits per heavy atom. The lowest BCUT2D eigenvalue weighted by atomic mass is 10.0. The maximum atomic E-state index is 12.7. The van der Waals surface area contributed by atoms with E-state index in [1.807, 2.05) is 92.7 Å². The molecule has 1 aliphatic heterocycles. The molecular formula is C71H79NO25. The third-order valence-electron chi connectivity index (χ3n) is 12.8. The summed E-state index contributed by atoms with van der Waals surface area (Å²) < 4.78 is 33.3. The highest BCUT2D eigenvalue weighted by atomic mass is 16.8. The first-order chi connectivity index (χ1) is 45.8. The zero-order chi connectivity index (χ0) is 72.8. The van der Waals surface area contributed by atoms with Gasteiger partial charge in [0.15, 0.2) is 58.4 Å². The lowest BCUT2D eigenvalue weighted by molar-refractivity contribution is -0.367. The van der Waals surface area contributed by atoms with Crippen molar-refractivity contribution >= 4 is 51.6 Å². The van der Waals surface area contributed by atoms with Crippen molar-refractivity contribution in [1.82, 2.24) is 0 Å². The first-order valence-electron chi connectivity index (χ1n) is 29.2. The fourth-order valence-corrected chi connectivity index (χ4v) is 8.26. The number of carboxylic acid groups (broad SMARTS) is 1. The fraction of sp³-hybridized carbons (Fsp3) is 0.239. The van der Waals surface area contributed by atoms with E-state index in [0.29, 0.717) is 34.1 Å². The molecular weight excluding hydrogens is 1270 g/mol. The highest BCUT2D eigenvalue weighted by molar-refractivity contribution is 5.93. The van der Waals surface area contributed by atoms with Crippen LogP contribution >= 0.6 is 0 Å². The SMILES string of the molecule is CC(C)OC1OC(OC(C)C)C(OC(C)C)C(O)C1OC(=O)c1cc(O)c(O)c(O)c1.COc1cc(C=O)ccc1O.Cc1ccc(C)c(O)c1.Nc1ccccc1.O=C(O)c1cc(O)c(O)c(O)c1.O=C=O.Oc1cc(O)c2ccccc2c1.Oc1ccc(O)c2ccccc12. The second-order valence-electron chi connectivity index (χ2n) is 21.5. The number of aliphatic hydroxyl groups excluding tert-OH is 1. The number of aryl methyl sites for hydroxylation is 2. The Kier molecular flexibility index (Phi) is 32.3. The largest absolute Gasteiger partial charge is 0.508 e. The number of ether oxygens (including phenoxy) is 6. The number of methoxy groups -OCH3 is 1. The molecule has 1 fully saturated rings.